The molecule has 7 heteroatoms. The molecule has 6 nitrogen and oxygen atoms in total. The number of carbonyl (C=O) groups is 1. The van der Waals surface area contributed by atoms with E-state index in [0.29, 0.717) is 17.9 Å². The third kappa shape index (κ3) is 3.68. The van der Waals surface area contributed by atoms with Crippen LogP contribution >= 0.6 is 0 Å². The van der Waals surface area contributed by atoms with Gasteiger partial charge in [0, 0.05) is 53.6 Å². The van der Waals surface area contributed by atoms with Crippen LogP contribution in [0.3, 0.4) is 0 Å². The SMILES string of the molecule is C=C(c1ccnc(F)c1C)N1CC=C(c2cc(NC(=O)C3CC3)nc3[nH]ccc23)[C@H](C)C1. The van der Waals surface area contributed by atoms with E-state index in [0.717, 1.165) is 47.2 Å². The summed E-state index contributed by atoms with van der Waals surface area (Å²) in [6.07, 6.45) is 7.45. The van der Waals surface area contributed by atoms with Crippen molar-refractivity contribution in [2.75, 3.05) is 18.4 Å². The maximum absolute atomic E-state index is 13.9. The number of pyridine rings is 2. The molecule has 1 amide bonds. The number of hydrogen-bond acceptors (Lipinski definition) is 4. The van der Waals surface area contributed by atoms with Crippen LogP contribution in [0.5, 0.6) is 0 Å². The maximum atomic E-state index is 13.9. The van der Waals surface area contributed by atoms with Gasteiger partial charge in [0.2, 0.25) is 11.9 Å². The molecule has 5 rings (SSSR count). The van der Waals surface area contributed by atoms with Crippen LogP contribution in [0, 0.1) is 24.7 Å². The Kier molecular flexibility index (Phi) is 5.04. The molecule has 2 N–H and O–H groups in total. The number of halogens is 1. The average Bonchev–Trinajstić information content (AvgIpc) is 3.53. The molecule has 0 unspecified atom stereocenters. The Balaban J connectivity index is 1.44. The molecule has 0 spiro atoms. The van der Waals surface area contributed by atoms with E-state index >= 15 is 0 Å². The van der Waals surface area contributed by atoms with E-state index < -0.39 is 5.95 Å². The summed E-state index contributed by atoms with van der Waals surface area (Å²) in [5.41, 5.74) is 5.14. The standard InChI is InChI=1S/C25H26FN5O/c1-14-13-31(16(3)19-6-9-27-23(26)15(19)2)11-8-18(14)21-12-22(30-25(32)17-4-5-17)29-24-20(21)7-10-28-24/h6-10,12,14,17H,3-5,11,13H2,1-2H3,(H2,28,29,30,32)/t14-/m1/s1. The minimum absolute atomic E-state index is 0.0439. The zero-order valence-electron chi connectivity index (χ0n) is 18.3. The molecule has 32 heavy (non-hydrogen) atoms. The number of hydrogen-bond donors (Lipinski definition) is 2. The normalized spacial score (nSPS) is 18.5. The van der Waals surface area contributed by atoms with Crippen molar-refractivity contribution in [2.24, 2.45) is 11.8 Å². The van der Waals surface area contributed by atoms with Crippen molar-refractivity contribution in [1.29, 1.82) is 0 Å². The largest absolute Gasteiger partial charge is 0.367 e. The molecule has 1 aliphatic carbocycles. The Hall–Kier alpha value is -3.48. The number of fused-ring (bicyclic) bond motifs is 1. The van der Waals surface area contributed by atoms with Gasteiger partial charge < -0.3 is 15.2 Å². The lowest BCUT2D eigenvalue weighted by molar-refractivity contribution is -0.117. The fraction of sp³-hybridized carbons (Fsp3) is 0.320. The minimum Gasteiger partial charge on any atom is -0.367 e. The van der Waals surface area contributed by atoms with Crippen LogP contribution in [0.15, 0.2) is 43.2 Å². The summed E-state index contributed by atoms with van der Waals surface area (Å²) < 4.78 is 13.9. The molecule has 1 fully saturated rings. The third-order valence-electron chi connectivity index (χ3n) is 6.43. The number of rotatable bonds is 5. The van der Waals surface area contributed by atoms with Crippen LogP contribution in [0.1, 0.15) is 36.5 Å². The molecule has 1 aliphatic heterocycles. The van der Waals surface area contributed by atoms with Gasteiger partial charge in [0.1, 0.15) is 11.5 Å². The van der Waals surface area contributed by atoms with Gasteiger partial charge in [-0.25, -0.2) is 9.97 Å². The first-order valence-corrected chi connectivity index (χ1v) is 11.0. The van der Waals surface area contributed by atoms with Gasteiger partial charge in [-0.2, -0.15) is 4.39 Å². The van der Waals surface area contributed by atoms with Gasteiger partial charge in [-0.05, 0) is 55.0 Å². The van der Waals surface area contributed by atoms with Crippen LogP contribution in [-0.2, 0) is 4.79 Å². The van der Waals surface area contributed by atoms with E-state index in [-0.39, 0.29) is 17.7 Å². The molecule has 3 aromatic rings. The van der Waals surface area contributed by atoms with Gasteiger partial charge in [0.05, 0.1) is 0 Å². The fourth-order valence-corrected chi connectivity index (χ4v) is 4.42. The number of H-pyrrole nitrogens is 1. The van der Waals surface area contributed by atoms with Crippen molar-refractivity contribution in [2.45, 2.75) is 26.7 Å². The molecule has 164 valence electrons. The van der Waals surface area contributed by atoms with Gasteiger partial charge >= 0.3 is 0 Å². The van der Waals surface area contributed by atoms with Crippen LogP contribution < -0.4 is 5.32 Å². The summed E-state index contributed by atoms with van der Waals surface area (Å²) in [5, 5.41) is 4.01. The van der Waals surface area contributed by atoms with Crippen LogP contribution in [0.2, 0.25) is 0 Å². The van der Waals surface area contributed by atoms with Crippen LogP contribution in [0.25, 0.3) is 22.3 Å². The van der Waals surface area contributed by atoms with Crippen molar-refractivity contribution in [3.63, 3.8) is 0 Å². The summed E-state index contributed by atoms with van der Waals surface area (Å²) in [6, 6.07) is 5.81. The summed E-state index contributed by atoms with van der Waals surface area (Å²) in [5.74, 6) is 0.489. The highest BCUT2D eigenvalue weighted by molar-refractivity contribution is 5.97. The first-order valence-electron chi connectivity index (χ1n) is 11.0. The van der Waals surface area contributed by atoms with Crippen molar-refractivity contribution in [1.82, 2.24) is 19.9 Å². The molecule has 0 aromatic carbocycles. The number of aromatic amines is 1. The molecular formula is C25H26FN5O. The Morgan fingerprint density at radius 2 is 2.16 bits per heavy atom. The minimum atomic E-state index is -0.461. The van der Waals surface area contributed by atoms with Crippen molar-refractivity contribution >= 4 is 34.0 Å². The van der Waals surface area contributed by atoms with Gasteiger partial charge in [-0.15, -0.1) is 0 Å². The lowest BCUT2D eigenvalue weighted by Gasteiger charge is -2.35. The molecular weight excluding hydrogens is 405 g/mol. The van der Waals surface area contributed by atoms with Crippen LogP contribution in [-0.4, -0.2) is 38.8 Å². The van der Waals surface area contributed by atoms with E-state index in [2.05, 4.69) is 44.7 Å². The number of nitrogens with zero attached hydrogens (tertiary/aromatic N) is 3. The number of anilines is 1. The fourth-order valence-electron chi connectivity index (χ4n) is 4.42. The predicted octanol–water partition coefficient (Wildman–Crippen LogP) is 4.76. The lowest BCUT2D eigenvalue weighted by atomic mass is 9.88. The summed E-state index contributed by atoms with van der Waals surface area (Å²) in [7, 11) is 0. The lowest BCUT2D eigenvalue weighted by Crippen LogP contribution is -2.32. The Labute approximate surface area is 186 Å². The number of carbonyl (C=O) groups excluding carboxylic acids is 1. The van der Waals surface area contributed by atoms with Crippen molar-refractivity contribution in [3.05, 3.63) is 65.9 Å². The second kappa shape index (κ2) is 7.89. The number of amides is 1. The van der Waals surface area contributed by atoms with Crippen molar-refractivity contribution in [3.8, 4) is 0 Å². The van der Waals surface area contributed by atoms with Crippen molar-refractivity contribution < 1.29 is 9.18 Å². The van der Waals surface area contributed by atoms with Gasteiger partial charge in [-0.3, -0.25) is 4.79 Å². The van der Waals surface area contributed by atoms with E-state index in [1.165, 1.54) is 11.8 Å². The second-order valence-corrected chi connectivity index (χ2v) is 8.75. The van der Waals surface area contributed by atoms with E-state index in [4.69, 9.17) is 0 Å². The molecule has 0 bridgehead atoms. The zero-order chi connectivity index (χ0) is 22.4. The Morgan fingerprint density at radius 1 is 1.34 bits per heavy atom. The molecule has 4 heterocycles. The molecule has 1 saturated carbocycles. The molecule has 0 radical (unpaired) electrons. The number of aromatic nitrogens is 3. The monoisotopic (exact) mass is 431 g/mol. The maximum Gasteiger partial charge on any atom is 0.228 e. The van der Waals surface area contributed by atoms with Crippen LogP contribution in [0.4, 0.5) is 10.2 Å². The first kappa shape index (κ1) is 20.4. The quantitative estimate of drug-likeness (QED) is 0.571. The molecule has 1 atom stereocenters. The molecule has 0 saturated heterocycles. The van der Waals surface area contributed by atoms with Gasteiger partial charge in [0.15, 0.2) is 0 Å². The summed E-state index contributed by atoms with van der Waals surface area (Å²) in [4.78, 5) is 25.9. The van der Waals surface area contributed by atoms with E-state index in [1.54, 1.807) is 6.92 Å². The van der Waals surface area contributed by atoms with Gasteiger partial charge in [0.25, 0.3) is 0 Å². The molecule has 3 aromatic heterocycles. The average molecular weight is 432 g/mol. The van der Waals surface area contributed by atoms with E-state index in [1.807, 2.05) is 24.4 Å². The van der Waals surface area contributed by atoms with Gasteiger partial charge in [-0.1, -0.05) is 19.6 Å². The highest BCUT2D eigenvalue weighted by Crippen LogP contribution is 2.36. The third-order valence-corrected chi connectivity index (χ3v) is 6.43. The Bertz CT molecular complexity index is 1260. The summed E-state index contributed by atoms with van der Waals surface area (Å²) >= 11 is 0. The predicted molar refractivity (Wildman–Crippen MR) is 124 cm³/mol. The first-order chi connectivity index (χ1) is 15.4. The Morgan fingerprint density at radius 3 is 2.91 bits per heavy atom. The van der Waals surface area contributed by atoms with E-state index in [9.17, 15) is 9.18 Å². The smallest absolute Gasteiger partial charge is 0.228 e. The summed E-state index contributed by atoms with van der Waals surface area (Å²) in [6.45, 7) is 9.56. The molecule has 2 aliphatic rings. The number of nitrogens with one attached hydrogen (secondary N) is 2. The second-order valence-electron chi connectivity index (χ2n) is 8.75. The highest BCUT2D eigenvalue weighted by atomic mass is 19.1. The zero-order valence-corrected chi connectivity index (χ0v) is 18.3. The highest BCUT2D eigenvalue weighted by Gasteiger charge is 2.30. The topological polar surface area (TPSA) is 73.9 Å².